The number of aliphatic carboxylic acids is 1. The Bertz CT molecular complexity index is 612. The molecule has 0 aromatic carbocycles. The smallest absolute Gasteiger partial charge is 0.328 e. The van der Waals surface area contributed by atoms with Gasteiger partial charge in [-0.3, -0.25) is 0 Å². The van der Waals surface area contributed by atoms with E-state index in [1.54, 1.807) is 6.92 Å². The van der Waals surface area contributed by atoms with Gasteiger partial charge in [0.25, 0.3) is 0 Å². The second-order valence-electron chi connectivity index (χ2n) is 7.45. The van der Waals surface area contributed by atoms with E-state index in [0.29, 0.717) is 5.92 Å². The Kier molecular flexibility index (Phi) is 7.47. The van der Waals surface area contributed by atoms with Crippen molar-refractivity contribution in [3.63, 3.8) is 0 Å². The molecule has 0 aliphatic heterocycles. The Morgan fingerprint density at radius 3 is 2.46 bits per heavy atom. The minimum absolute atomic E-state index is 0.260. The summed E-state index contributed by atoms with van der Waals surface area (Å²) in [4.78, 5) is 10.6. The first-order chi connectivity index (χ1) is 11.2. The highest BCUT2D eigenvalue weighted by molar-refractivity contribution is 5.81. The molecule has 24 heavy (non-hydrogen) atoms. The van der Waals surface area contributed by atoms with E-state index in [2.05, 4.69) is 46.8 Å². The molecular weight excluding hydrogens is 296 g/mol. The summed E-state index contributed by atoms with van der Waals surface area (Å²) in [6, 6.07) is 0. The maximum absolute atomic E-state index is 10.6. The molecule has 0 aromatic heterocycles. The third-order valence-electron chi connectivity index (χ3n) is 5.18. The Balaban J connectivity index is 2.92. The van der Waals surface area contributed by atoms with Crippen molar-refractivity contribution in [3.05, 3.63) is 58.7 Å². The van der Waals surface area contributed by atoms with Gasteiger partial charge in [0.15, 0.2) is 0 Å². The van der Waals surface area contributed by atoms with Crippen LogP contribution < -0.4 is 0 Å². The van der Waals surface area contributed by atoms with Crippen LogP contribution >= 0.6 is 0 Å². The zero-order valence-corrected chi connectivity index (χ0v) is 16.0. The second kappa shape index (κ2) is 8.86. The quantitative estimate of drug-likeness (QED) is 0.463. The van der Waals surface area contributed by atoms with Crippen molar-refractivity contribution >= 4 is 5.97 Å². The van der Waals surface area contributed by atoms with Gasteiger partial charge >= 0.3 is 5.97 Å². The molecule has 1 rings (SSSR count). The van der Waals surface area contributed by atoms with Gasteiger partial charge in [-0.15, -0.1) is 0 Å². The van der Waals surface area contributed by atoms with Crippen LogP contribution in [0.2, 0.25) is 0 Å². The summed E-state index contributed by atoms with van der Waals surface area (Å²) in [5, 5.41) is 8.70. The first-order valence-electron chi connectivity index (χ1n) is 8.81. The molecule has 2 heteroatoms. The van der Waals surface area contributed by atoms with E-state index >= 15 is 0 Å². The molecule has 1 aliphatic rings. The average molecular weight is 328 g/mol. The molecule has 1 aliphatic carbocycles. The van der Waals surface area contributed by atoms with Gasteiger partial charge in [-0.05, 0) is 62.5 Å². The van der Waals surface area contributed by atoms with Crippen molar-refractivity contribution in [2.24, 2.45) is 11.3 Å². The van der Waals surface area contributed by atoms with Crippen molar-refractivity contribution in [3.8, 4) is 0 Å². The number of allylic oxidation sites excluding steroid dienone is 9. The van der Waals surface area contributed by atoms with Gasteiger partial charge in [0.1, 0.15) is 0 Å². The third-order valence-corrected chi connectivity index (χ3v) is 5.18. The molecular formula is C22H32O2. The van der Waals surface area contributed by atoms with Crippen LogP contribution in [-0.4, -0.2) is 11.1 Å². The minimum Gasteiger partial charge on any atom is -0.478 e. The molecule has 2 nitrogen and oxygen atoms in total. The largest absolute Gasteiger partial charge is 0.478 e. The summed E-state index contributed by atoms with van der Waals surface area (Å²) < 4.78 is 0. The van der Waals surface area contributed by atoms with Crippen LogP contribution in [0.3, 0.4) is 0 Å². The molecule has 1 N–H and O–H groups in total. The summed E-state index contributed by atoms with van der Waals surface area (Å²) in [6.07, 6.45) is 15.1. The topological polar surface area (TPSA) is 37.3 Å². The number of carboxylic acid groups (broad SMARTS) is 1. The van der Waals surface area contributed by atoms with Gasteiger partial charge in [0, 0.05) is 6.08 Å². The first kappa shape index (κ1) is 20.2. The molecule has 0 radical (unpaired) electrons. The predicted octanol–water partition coefficient (Wildman–Crippen LogP) is 6.24. The fourth-order valence-corrected chi connectivity index (χ4v) is 3.27. The molecule has 0 saturated heterocycles. The molecule has 0 bridgehead atoms. The third kappa shape index (κ3) is 5.67. The van der Waals surface area contributed by atoms with Crippen molar-refractivity contribution in [2.45, 2.75) is 60.8 Å². The second-order valence-corrected chi connectivity index (χ2v) is 7.45. The Morgan fingerprint density at radius 2 is 1.88 bits per heavy atom. The van der Waals surface area contributed by atoms with E-state index in [4.69, 9.17) is 5.11 Å². The lowest BCUT2D eigenvalue weighted by Crippen LogP contribution is -2.28. The fraction of sp³-hybridized carbons (Fsp3) is 0.500. The molecule has 0 heterocycles. The van der Waals surface area contributed by atoms with E-state index in [0.717, 1.165) is 11.1 Å². The number of hydrogen-bond donors (Lipinski definition) is 1. The lowest BCUT2D eigenvalue weighted by molar-refractivity contribution is -0.131. The summed E-state index contributed by atoms with van der Waals surface area (Å²) in [5.41, 5.74) is 5.15. The van der Waals surface area contributed by atoms with Gasteiger partial charge in [-0.1, -0.05) is 62.3 Å². The first-order valence-corrected chi connectivity index (χ1v) is 8.81. The molecule has 0 aromatic rings. The molecule has 0 fully saturated rings. The highest BCUT2D eigenvalue weighted by Gasteiger charge is 2.34. The SMILES string of the molecule is CC1=C(/C=C/C(C)=C/C=C/C(C)=C/C(=O)O)[C@](C)(C(C)C)CCC1. The van der Waals surface area contributed by atoms with Crippen LogP contribution in [0, 0.1) is 11.3 Å². The lowest BCUT2D eigenvalue weighted by Gasteiger charge is -2.40. The van der Waals surface area contributed by atoms with E-state index in [1.807, 2.05) is 18.2 Å². The number of hydrogen-bond acceptors (Lipinski definition) is 1. The molecule has 0 unspecified atom stereocenters. The van der Waals surface area contributed by atoms with Crippen LogP contribution in [0.1, 0.15) is 60.8 Å². The number of carbonyl (C=O) groups is 1. The number of rotatable bonds is 6. The zero-order valence-electron chi connectivity index (χ0n) is 16.0. The lowest BCUT2D eigenvalue weighted by atomic mass is 9.65. The van der Waals surface area contributed by atoms with Gasteiger partial charge in [-0.2, -0.15) is 0 Å². The number of carboxylic acids is 1. The van der Waals surface area contributed by atoms with Crippen molar-refractivity contribution in [1.29, 1.82) is 0 Å². The van der Waals surface area contributed by atoms with Crippen LogP contribution in [0.5, 0.6) is 0 Å². The monoisotopic (exact) mass is 328 g/mol. The maximum Gasteiger partial charge on any atom is 0.328 e. The average Bonchev–Trinajstić information content (AvgIpc) is 2.45. The predicted molar refractivity (Wildman–Crippen MR) is 103 cm³/mol. The maximum atomic E-state index is 10.6. The summed E-state index contributed by atoms with van der Waals surface area (Å²) in [6.45, 7) is 13.1. The normalized spacial score (nSPS) is 23.8. The Hall–Kier alpha value is -1.83. The Morgan fingerprint density at radius 1 is 1.21 bits per heavy atom. The zero-order chi connectivity index (χ0) is 18.3. The van der Waals surface area contributed by atoms with Gasteiger partial charge < -0.3 is 5.11 Å². The minimum atomic E-state index is -0.912. The van der Waals surface area contributed by atoms with Crippen LogP contribution in [0.25, 0.3) is 0 Å². The van der Waals surface area contributed by atoms with Gasteiger partial charge in [-0.25, -0.2) is 4.79 Å². The van der Waals surface area contributed by atoms with Crippen molar-refractivity contribution < 1.29 is 9.90 Å². The van der Waals surface area contributed by atoms with E-state index < -0.39 is 5.97 Å². The van der Waals surface area contributed by atoms with Gasteiger partial charge in [0.2, 0.25) is 0 Å². The van der Waals surface area contributed by atoms with E-state index in [1.165, 1.54) is 36.5 Å². The van der Waals surface area contributed by atoms with Crippen LogP contribution in [0.15, 0.2) is 58.7 Å². The van der Waals surface area contributed by atoms with E-state index in [9.17, 15) is 4.79 Å². The molecule has 0 spiro atoms. The highest BCUT2D eigenvalue weighted by atomic mass is 16.4. The van der Waals surface area contributed by atoms with Crippen LogP contribution in [-0.2, 0) is 4.79 Å². The Labute approximate surface area is 147 Å². The molecule has 132 valence electrons. The summed E-state index contributed by atoms with van der Waals surface area (Å²) in [7, 11) is 0. The standard InChI is InChI=1S/C22H32O2/c1-16(2)22(6)14-8-11-19(5)20(22)13-12-17(3)9-7-10-18(4)15-21(23)24/h7,9-10,12-13,15-16H,8,11,14H2,1-6H3,(H,23,24)/b10-7+,13-12+,17-9+,18-15+/t22-/m0/s1. The molecule has 0 amide bonds. The van der Waals surface area contributed by atoms with Crippen molar-refractivity contribution in [2.75, 3.05) is 0 Å². The van der Waals surface area contributed by atoms with E-state index in [-0.39, 0.29) is 5.41 Å². The molecule has 1 atom stereocenters. The highest BCUT2D eigenvalue weighted by Crippen LogP contribution is 2.46. The molecule has 0 saturated carbocycles. The van der Waals surface area contributed by atoms with Gasteiger partial charge in [0.05, 0.1) is 0 Å². The summed E-state index contributed by atoms with van der Waals surface area (Å²) in [5.74, 6) is -0.286. The summed E-state index contributed by atoms with van der Waals surface area (Å²) >= 11 is 0. The fourth-order valence-electron chi connectivity index (χ4n) is 3.27. The van der Waals surface area contributed by atoms with Crippen molar-refractivity contribution in [1.82, 2.24) is 0 Å². The van der Waals surface area contributed by atoms with Crippen LogP contribution in [0.4, 0.5) is 0 Å².